The zero-order valence-electron chi connectivity index (χ0n) is 7.95. The van der Waals surface area contributed by atoms with Crippen LogP contribution in [0.2, 0.25) is 0 Å². The summed E-state index contributed by atoms with van der Waals surface area (Å²) in [6.45, 7) is 0. The highest BCUT2D eigenvalue weighted by Gasteiger charge is 2.09. The number of hydrogen-bond donors (Lipinski definition) is 1. The monoisotopic (exact) mass is 266 g/mol. The van der Waals surface area contributed by atoms with Gasteiger partial charge in [-0.25, -0.2) is 15.0 Å². The van der Waals surface area contributed by atoms with Crippen molar-refractivity contribution in [3.8, 4) is 0 Å². The molecular formula is C9H6N4S3. The van der Waals surface area contributed by atoms with Gasteiger partial charge in [0.25, 0.3) is 0 Å². The summed E-state index contributed by atoms with van der Waals surface area (Å²) in [6, 6.07) is 2.01. The maximum Gasteiger partial charge on any atom is 0.222 e. The molecule has 0 fully saturated rings. The number of aromatic nitrogens is 3. The Bertz CT molecular complexity index is 617. The van der Waals surface area contributed by atoms with Crippen LogP contribution >= 0.6 is 34.4 Å². The van der Waals surface area contributed by atoms with E-state index in [1.807, 2.05) is 16.8 Å². The largest absolute Gasteiger partial charge is 0.368 e. The highest BCUT2D eigenvalue weighted by molar-refractivity contribution is 8.01. The summed E-state index contributed by atoms with van der Waals surface area (Å²) < 4.78 is 0.964. The van der Waals surface area contributed by atoms with Crippen LogP contribution < -0.4 is 5.73 Å². The Morgan fingerprint density at radius 1 is 1.19 bits per heavy atom. The van der Waals surface area contributed by atoms with Crippen LogP contribution in [-0.2, 0) is 0 Å². The van der Waals surface area contributed by atoms with Crippen LogP contribution in [0.3, 0.4) is 0 Å². The number of fused-ring (bicyclic) bond motifs is 1. The first kappa shape index (κ1) is 10.0. The average Bonchev–Trinajstić information content (AvgIpc) is 2.87. The van der Waals surface area contributed by atoms with Crippen molar-refractivity contribution in [3.05, 3.63) is 23.0 Å². The Labute approximate surface area is 104 Å². The lowest BCUT2D eigenvalue weighted by atomic mass is 10.4. The minimum absolute atomic E-state index is 0.314. The summed E-state index contributed by atoms with van der Waals surface area (Å²) in [5, 5.41) is 5.85. The van der Waals surface area contributed by atoms with Gasteiger partial charge in [-0.2, -0.15) is 0 Å². The smallest absolute Gasteiger partial charge is 0.222 e. The van der Waals surface area contributed by atoms with Gasteiger partial charge in [0.15, 0.2) is 4.34 Å². The van der Waals surface area contributed by atoms with E-state index >= 15 is 0 Å². The predicted octanol–water partition coefficient (Wildman–Crippen LogP) is 2.88. The number of rotatable bonds is 2. The zero-order chi connectivity index (χ0) is 11.0. The van der Waals surface area contributed by atoms with Crippen molar-refractivity contribution in [2.45, 2.75) is 9.37 Å². The topological polar surface area (TPSA) is 64.7 Å². The van der Waals surface area contributed by atoms with Crippen molar-refractivity contribution in [1.82, 2.24) is 15.0 Å². The van der Waals surface area contributed by atoms with Crippen LogP contribution in [0.4, 0.5) is 5.95 Å². The summed E-state index contributed by atoms with van der Waals surface area (Å²) >= 11 is 4.68. The van der Waals surface area contributed by atoms with Gasteiger partial charge in [0.2, 0.25) is 5.95 Å². The van der Waals surface area contributed by atoms with Crippen molar-refractivity contribution in [3.63, 3.8) is 0 Å². The summed E-state index contributed by atoms with van der Waals surface area (Å²) in [5.74, 6) is 0.314. The third kappa shape index (κ3) is 1.77. The lowest BCUT2D eigenvalue weighted by Crippen LogP contribution is -1.95. The molecule has 0 atom stereocenters. The molecule has 0 aromatic carbocycles. The molecule has 2 N–H and O–H groups in total. The van der Waals surface area contributed by atoms with Crippen molar-refractivity contribution < 1.29 is 0 Å². The molecule has 0 spiro atoms. The third-order valence-electron chi connectivity index (χ3n) is 1.90. The fraction of sp³-hybridized carbons (Fsp3) is 0. The summed E-state index contributed by atoms with van der Waals surface area (Å²) in [5.41, 5.74) is 5.67. The quantitative estimate of drug-likeness (QED) is 0.722. The molecule has 0 bridgehead atoms. The Kier molecular flexibility index (Phi) is 2.50. The van der Waals surface area contributed by atoms with Crippen molar-refractivity contribution in [2.75, 3.05) is 5.73 Å². The second-order valence-electron chi connectivity index (χ2n) is 2.93. The van der Waals surface area contributed by atoms with Crippen LogP contribution in [0.5, 0.6) is 0 Å². The zero-order valence-corrected chi connectivity index (χ0v) is 10.4. The van der Waals surface area contributed by atoms with E-state index in [4.69, 9.17) is 5.73 Å². The van der Waals surface area contributed by atoms with Crippen LogP contribution in [0, 0.1) is 0 Å². The van der Waals surface area contributed by atoms with E-state index in [1.165, 1.54) is 11.8 Å². The highest BCUT2D eigenvalue weighted by Crippen LogP contribution is 2.34. The van der Waals surface area contributed by atoms with Crippen LogP contribution in [0.25, 0.3) is 10.2 Å². The second kappa shape index (κ2) is 4.00. The molecule has 0 aliphatic heterocycles. The van der Waals surface area contributed by atoms with Gasteiger partial charge in [0.05, 0.1) is 0 Å². The first-order valence-corrected chi connectivity index (χ1v) is 6.98. The van der Waals surface area contributed by atoms with E-state index < -0.39 is 0 Å². The fourth-order valence-corrected chi connectivity index (χ4v) is 3.75. The normalized spacial score (nSPS) is 11.0. The molecule has 16 heavy (non-hydrogen) atoms. The van der Waals surface area contributed by atoms with Crippen LogP contribution in [0.1, 0.15) is 0 Å². The molecule has 3 aromatic rings. The minimum atomic E-state index is 0.314. The van der Waals surface area contributed by atoms with E-state index in [9.17, 15) is 0 Å². The van der Waals surface area contributed by atoms with Crippen molar-refractivity contribution >= 4 is 50.6 Å². The van der Waals surface area contributed by atoms with E-state index in [-0.39, 0.29) is 0 Å². The number of nitrogen functional groups attached to an aromatic ring is 1. The molecule has 4 nitrogen and oxygen atoms in total. The molecule has 0 aliphatic carbocycles. The van der Waals surface area contributed by atoms with Gasteiger partial charge < -0.3 is 5.73 Å². The molecule has 0 saturated carbocycles. The van der Waals surface area contributed by atoms with Crippen molar-refractivity contribution in [2.24, 2.45) is 0 Å². The minimum Gasteiger partial charge on any atom is -0.368 e. The summed E-state index contributed by atoms with van der Waals surface area (Å²) in [6.07, 6.45) is 1.78. The van der Waals surface area contributed by atoms with E-state index in [1.54, 1.807) is 28.9 Å². The Morgan fingerprint density at radius 2 is 2.12 bits per heavy atom. The Morgan fingerprint density at radius 3 is 2.94 bits per heavy atom. The first-order valence-electron chi connectivity index (χ1n) is 4.41. The number of anilines is 1. The van der Waals surface area contributed by atoms with Crippen molar-refractivity contribution in [1.29, 1.82) is 0 Å². The molecule has 0 unspecified atom stereocenters. The number of thiazole rings is 1. The molecule has 3 aromatic heterocycles. The van der Waals surface area contributed by atoms with Gasteiger partial charge in [-0.05, 0) is 23.2 Å². The molecular weight excluding hydrogens is 260 g/mol. The van der Waals surface area contributed by atoms with Gasteiger partial charge in [-0.3, -0.25) is 0 Å². The molecule has 3 heterocycles. The summed E-state index contributed by atoms with van der Waals surface area (Å²) in [7, 11) is 0. The standard InChI is InChI=1S/C9H6N4S3/c10-8-12-6-5(1-3-14-6)7(13-8)16-9-11-2-4-15-9/h1-4H,(H2,10,12,13). The molecule has 0 aliphatic rings. The number of nitrogens with zero attached hydrogens (tertiary/aromatic N) is 3. The predicted molar refractivity (Wildman–Crippen MR) is 68.1 cm³/mol. The second-order valence-corrected chi connectivity index (χ2v) is 5.95. The first-order chi connectivity index (χ1) is 7.83. The van der Waals surface area contributed by atoms with Gasteiger partial charge in [-0.1, -0.05) is 0 Å². The Hall–Kier alpha value is -1.18. The van der Waals surface area contributed by atoms with Crippen LogP contribution in [0.15, 0.2) is 32.4 Å². The maximum atomic E-state index is 5.67. The molecule has 0 radical (unpaired) electrons. The maximum absolute atomic E-state index is 5.67. The average molecular weight is 266 g/mol. The fourth-order valence-electron chi connectivity index (χ4n) is 1.27. The van der Waals surface area contributed by atoms with Gasteiger partial charge >= 0.3 is 0 Å². The number of thiophene rings is 1. The van der Waals surface area contributed by atoms with Crippen LogP contribution in [-0.4, -0.2) is 15.0 Å². The lowest BCUT2D eigenvalue weighted by molar-refractivity contribution is 1.12. The molecule has 0 saturated heterocycles. The van der Waals surface area contributed by atoms with E-state index in [0.29, 0.717) is 5.95 Å². The third-order valence-corrected chi connectivity index (χ3v) is 4.60. The van der Waals surface area contributed by atoms with Gasteiger partial charge in [-0.15, -0.1) is 22.7 Å². The Balaban J connectivity index is 2.11. The number of nitrogens with two attached hydrogens (primary N) is 1. The van der Waals surface area contributed by atoms with E-state index in [0.717, 1.165) is 19.6 Å². The van der Waals surface area contributed by atoms with Gasteiger partial charge in [0, 0.05) is 17.0 Å². The SMILES string of the molecule is Nc1nc(Sc2nccs2)c2ccsc2n1. The molecule has 7 heteroatoms. The molecule has 3 rings (SSSR count). The van der Waals surface area contributed by atoms with Gasteiger partial charge in [0.1, 0.15) is 9.86 Å². The number of hydrogen-bond acceptors (Lipinski definition) is 7. The lowest BCUT2D eigenvalue weighted by Gasteiger charge is -2.00. The summed E-state index contributed by atoms with van der Waals surface area (Å²) in [4.78, 5) is 13.6. The molecule has 0 amide bonds. The van der Waals surface area contributed by atoms with E-state index in [2.05, 4.69) is 15.0 Å². The highest BCUT2D eigenvalue weighted by atomic mass is 32.2. The molecule has 80 valence electrons.